The van der Waals surface area contributed by atoms with Crippen LogP contribution >= 0.6 is 0 Å². The molecule has 0 saturated heterocycles. The Morgan fingerprint density at radius 1 is 1.25 bits per heavy atom. The van der Waals surface area contributed by atoms with Crippen LogP contribution in [0, 0.1) is 19.8 Å². The third-order valence-electron chi connectivity index (χ3n) is 2.87. The van der Waals surface area contributed by atoms with Crippen molar-refractivity contribution in [2.45, 2.75) is 53.5 Å². The van der Waals surface area contributed by atoms with Crippen LogP contribution in [0.4, 0.5) is 0 Å². The first-order valence-electron chi connectivity index (χ1n) is 6.23. The lowest BCUT2D eigenvalue weighted by Gasteiger charge is -2.06. The molecule has 1 aromatic heterocycles. The summed E-state index contributed by atoms with van der Waals surface area (Å²) in [5.74, 6) is 1.76. The zero-order valence-corrected chi connectivity index (χ0v) is 11.0. The Bertz CT molecular complexity index is 285. The summed E-state index contributed by atoms with van der Waals surface area (Å²) in [5, 5.41) is 7.38. The molecule has 0 spiro atoms. The Balaban J connectivity index is 2.12. The molecule has 0 aliphatic rings. The predicted octanol–water partition coefficient (Wildman–Crippen LogP) is 3.21. The molecule has 1 N–H and O–H groups in total. The predicted molar refractivity (Wildman–Crippen MR) is 66.4 cm³/mol. The Hall–Kier alpha value is -0.830. The normalized spacial score (nSPS) is 11.3. The lowest BCUT2D eigenvalue weighted by atomic mass is 10.1. The lowest BCUT2D eigenvalue weighted by molar-refractivity contribution is 0.391. The molecule has 1 heterocycles. The number of rotatable bonds is 7. The van der Waals surface area contributed by atoms with Crippen LogP contribution in [-0.4, -0.2) is 11.7 Å². The minimum atomic E-state index is 0.822. The van der Waals surface area contributed by atoms with E-state index in [2.05, 4.69) is 24.3 Å². The van der Waals surface area contributed by atoms with E-state index in [-0.39, 0.29) is 0 Å². The van der Waals surface area contributed by atoms with Gasteiger partial charge in [0.15, 0.2) is 0 Å². The summed E-state index contributed by atoms with van der Waals surface area (Å²) >= 11 is 0. The quantitative estimate of drug-likeness (QED) is 0.723. The van der Waals surface area contributed by atoms with Crippen LogP contribution in [0.1, 0.15) is 50.1 Å². The van der Waals surface area contributed by atoms with Gasteiger partial charge in [-0.15, -0.1) is 0 Å². The fraction of sp³-hybridized carbons (Fsp3) is 0.769. The van der Waals surface area contributed by atoms with Gasteiger partial charge < -0.3 is 9.84 Å². The molecule has 1 aromatic rings. The molecule has 3 heteroatoms. The maximum Gasteiger partial charge on any atom is 0.138 e. The van der Waals surface area contributed by atoms with E-state index in [9.17, 15) is 0 Å². The molecular formula is C13H24N2O. The molecule has 0 saturated carbocycles. The van der Waals surface area contributed by atoms with Crippen LogP contribution in [0.5, 0.6) is 0 Å². The zero-order valence-electron chi connectivity index (χ0n) is 11.0. The monoisotopic (exact) mass is 224 g/mol. The Kier molecular flexibility index (Phi) is 5.53. The summed E-state index contributed by atoms with van der Waals surface area (Å²) in [5.41, 5.74) is 2.22. The number of unbranched alkanes of at least 4 members (excludes halogenated alkanes) is 1. The van der Waals surface area contributed by atoms with Crippen LogP contribution in [0.15, 0.2) is 4.52 Å². The first kappa shape index (κ1) is 13.2. The molecule has 0 aliphatic carbocycles. The van der Waals surface area contributed by atoms with E-state index in [0.717, 1.165) is 30.5 Å². The van der Waals surface area contributed by atoms with Gasteiger partial charge in [0.05, 0.1) is 5.69 Å². The summed E-state index contributed by atoms with van der Waals surface area (Å²) in [6, 6.07) is 0. The van der Waals surface area contributed by atoms with Gasteiger partial charge in [-0.2, -0.15) is 0 Å². The van der Waals surface area contributed by atoms with Crippen molar-refractivity contribution in [1.82, 2.24) is 10.5 Å². The molecule has 0 unspecified atom stereocenters. The number of hydrogen-bond donors (Lipinski definition) is 1. The van der Waals surface area contributed by atoms with Crippen molar-refractivity contribution >= 4 is 0 Å². The molecule has 0 atom stereocenters. The third-order valence-corrected chi connectivity index (χ3v) is 2.87. The summed E-state index contributed by atoms with van der Waals surface area (Å²) in [6.45, 7) is 10.5. The van der Waals surface area contributed by atoms with Gasteiger partial charge in [0.1, 0.15) is 5.76 Å². The topological polar surface area (TPSA) is 38.1 Å². The number of aromatic nitrogens is 1. The third kappa shape index (κ3) is 4.35. The number of nitrogens with zero attached hydrogens (tertiary/aromatic N) is 1. The summed E-state index contributed by atoms with van der Waals surface area (Å²) < 4.78 is 5.11. The lowest BCUT2D eigenvalue weighted by Crippen LogP contribution is -2.15. The fourth-order valence-corrected chi connectivity index (χ4v) is 1.77. The number of hydrogen-bond acceptors (Lipinski definition) is 3. The molecule has 92 valence electrons. The van der Waals surface area contributed by atoms with Gasteiger partial charge in [-0.05, 0) is 32.7 Å². The molecule has 0 aliphatic heterocycles. The maximum atomic E-state index is 5.11. The highest BCUT2D eigenvalue weighted by molar-refractivity contribution is 5.20. The van der Waals surface area contributed by atoms with Crippen molar-refractivity contribution in [3.63, 3.8) is 0 Å². The SMILES string of the molecule is Cc1noc(C)c1CNCCCCC(C)C. The zero-order chi connectivity index (χ0) is 12.0. The van der Waals surface area contributed by atoms with Crippen molar-refractivity contribution in [2.75, 3.05) is 6.54 Å². The minimum Gasteiger partial charge on any atom is -0.361 e. The van der Waals surface area contributed by atoms with Crippen molar-refractivity contribution in [2.24, 2.45) is 5.92 Å². The Morgan fingerprint density at radius 3 is 2.56 bits per heavy atom. The van der Waals surface area contributed by atoms with Crippen molar-refractivity contribution in [3.05, 3.63) is 17.0 Å². The van der Waals surface area contributed by atoms with Gasteiger partial charge >= 0.3 is 0 Å². The van der Waals surface area contributed by atoms with E-state index < -0.39 is 0 Å². The number of nitrogens with one attached hydrogen (secondary N) is 1. The van der Waals surface area contributed by atoms with E-state index in [1.165, 1.54) is 24.8 Å². The molecule has 0 bridgehead atoms. The highest BCUT2D eigenvalue weighted by Gasteiger charge is 2.07. The van der Waals surface area contributed by atoms with Crippen LogP contribution < -0.4 is 5.32 Å². The van der Waals surface area contributed by atoms with E-state index in [1.54, 1.807) is 0 Å². The Labute approximate surface area is 98.6 Å². The average molecular weight is 224 g/mol. The average Bonchev–Trinajstić information content (AvgIpc) is 2.53. The molecule has 0 aromatic carbocycles. The molecule has 0 radical (unpaired) electrons. The summed E-state index contributed by atoms with van der Waals surface area (Å²) in [6.07, 6.45) is 3.89. The van der Waals surface area contributed by atoms with Gasteiger partial charge in [0, 0.05) is 12.1 Å². The molecule has 1 rings (SSSR count). The van der Waals surface area contributed by atoms with E-state index in [4.69, 9.17) is 4.52 Å². The van der Waals surface area contributed by atoms with Crippen molar-refractivity contribution in [3.8, 4) is 0 Å². The van der Waals surface area contributed by atoms with Gasteiger partial charge in [-0.3, -0.25) is 0 Å². The second-order valence-corrected chi connectivity index (χ2v) is 4.87. The van der Waals surface area contributed by atoms with E-state index >= 15 is 0 Å². The van der Waals surface area contributed by atoms with Gasteiger partial charge in [0.25, 0.3) is 0 Å². The summed E-state index contributed by atoms with van der Waals surface area (Å²) in [7, 11) is 0. The second-order valence-electron chi connectivity index (χ2n) is 4.87. The van der Waals surface area contributed by atoms with Crippen molar-refractivity contribution in [1.29, 1.82) is 0 Å². The standard InChI is InChI=1S/C13H24N2O/c1-10(2)7-5-6-8-14-9-13-11(3)15-16-12(13)4/h10,14H,5-9H2,1-4H3. The Morgan fingerprint density at radius 2 is 2.00 bits per heavy atom. The van der Waals surface area contributed by atoms with Crippen LogP contribution in [-0.2, 0) is 6.54 Å². The second kappa shape index (κ2) is 6.69. The minimum absolute atomic E-state index is 0.822. The smallest absolute Gasteiger partial charge is 0.138 e. The van der Waals surface area contributed by atoms with Gasteiger partial charge in [-0.25, -0.2) is 0 Å². The summed E-state index contributed by atoms with van der Waals surface area (Å²) in [4.78, 5) is 0. The highest BCUT2D eigenvalue weighted by atomic mass is 16.5. The van der Waals surface area contributed by atoms with E-state index in [1.807, 2.05) is 13.8 Å². The van der Waals surface area contributed by atoms with Crippen LogP contribution in [0.3, 0.4) is 0 Å². The van der Waals surface area contributed by atoms with Crippen LogP contribution in [0.25, 0.3) is 0 Å². The molecule has 16 heavy (non-hydrogen) atoms. The van der Waals surface area contributed by atoms with E-state index in [0.29, 0.717) is 0 Å². The molecule has 3 nitrogen and oxygen atoms in total. The van der Waals surface area contributed by atoms with Crippen molar-refractivity contribution < 1.29 is 4.52 Å². The molecule has 0 fully saturated rings. The molecular weight excluding hydrogens is 200 g/mol. The van der Waals surface area contributed by atoms with Gasteiger partial charge in [0.2, 0.25) is 0 Å². The maximum absolute atomic E-state index is 5.11. The number of aryl methyl sites for hydroxylation is 2. The first-order valence-corrected chi connectivity index (χ1v) is 6.23. The highest BCUT2D eigenvalue weighted by Crippen LogP contribution is 2.11. The van der Waals surface area contributed by atoms with Crippen LogP contribution in [0.2, 0.25) is 0 Å². The molecule has 0 amide bonds. The first-order chi connectivity index (χ1) is 7.61. The van der Waals surface area contributed by atoms with Gasteiger partial charge in [-0.1, -0.05) is 31.8 Å². The fourth-order valence-electron chi connectivity index (χ4n) is 1.77. The largest absolute Gasteiger partial charge is 0.361 e.